The molecular formula is C13H26N2O2. The number of amides is 1. The maximum Gasteiger partial charge on any atom is 0.237 e. The molecule has 0 aliphatic heterocycles. The van der Waals surface area contributed by atoms with Gasteiger partial charge in [-0.15, -0.1) is 6.58 Å². The van der Waals surface area contributed by atoms with Crippen molar-refractivity contribution in [2.45, 2.75) is 39.2 Å². The van der Waals surface area contributed by atoms with Crippen LogP contribution in [0.25, 0.3) is 0 Å². The quantitative estimate of drug-likeness (QED) is 0.446. The molecule has 0 aliphatic carbocycles. The standard InChI is InChI=1S/C13H26N2O2/c1-4-6-7-8-14-13(17)12(3)15(9-5-2)10-11-16/h5,12,16H,2,4,6-11H2,1,3H3,(H,14,17). The van der Waals surface area contributed by atoms with Gasteiger partial charge in [-0.25, -0.2) is 0 Å². The number of nitrogens with zero attached hydrogens (tertiary/aromatic N) is 1. The van der Waals surface area contributed by atoms with Crippen LogP contribution in [0.2, 0.25) is 0 Å². The van der Waals surface area contributed by atoms with Crippen molar-refractivity contribution >= 4 is 5.91 Å². The highest BCUT2D eigenvalue weighted by Crippen LogP contribution is 1.99. The van der Waals surface area contributed by atoms with Crippen LogP contribution in [0.1, 0.15) is 33.1 Å². The van der Waals surface area contributed by atoms with Crippen LogP contribution in [-0.4, -0.2) is 48.2 Å². The first-order chi connectivity index (χ1) is 8.17. The number of unbranched alkanes of at least 4 members (excludes halogenated alkanes) is 2. The molecule has 0 aromatic heterocycles. The summed E-state index contributed by atoms with van der Waals surface area (Å²) < 4.78 is 0. The molecule has 0 spiro atoms. The Morgan fingerprint density at radius 3 is 2.76 bits per heavy atom. The minimum absolute atomic E-state index is 0.0244. The smallest absolute Gasteiger partial charge is 0.237 e. The Hall–Kier alpha value is -0.870. The van der Waals surface area contributed by atoms with Crippen LogP contribution in [-0.2, 0) is 4.79 Å². The molecule has 0 aromatic rings. The summed E-state index contributed by atoms with van der Waals surface area (Å²) in [4.78, 5) is 13.7. The molecule has 0 aromatic carbocycles. The molecule has 0 rings (SSSR count). The molecule has 2 N–H and O–H groups in total. The molecule has 4 heteroatoms. The van der Waals surface area contributed by atoms with Gasteiger partial charge in [-0.1, -0.05) is 25.8 Å². The van der Waals surface area contributed by atoms with Gasteiger partial charge < -0.3 is 10.4 Å². The molecule has 0 heterocycles. The van der Waals surface area contributed by atoms with Crippen LogP contribution in [0, 0.1) is 0 Å². The topological polar surface area (TPSA) is 52.6 Å². The summed E-state index contributed by atoms with van der Waals surface area (Å²) in [5.41, 5.74) is 0. The fraction of sp³-hybridized carbons (Fsp3) is 0.769. The molecule has 1 atom stereocenters. The van der Waals surface area contributed by atoms with E-state index in [0.717, 1.165) is 25.8 Å². The second-order valence-corrected chi connectivity index (χ2v) is 4.18. The van der Waals surface area contributed by atoms with Crippen molar-refractivity contribution in [3.63, 3.8) is 0 Å². The highest BCUT2D eigenvalue weighted by molar-refractivity contribution is 5.81. The second kappa shape index (κ2) is 10.3. The van der Waals surface area contributed by atoms with Crippen molar-refractivity contribution in [3.05, 3.63) is 12.7 Å². The fourth-order valence-electron chi connectivity index (χ4n) is 1.64. The number of aliphatic hydroxyl groups is 1. The van der Waals surface area contributed by atoms with Crippen molar-refractivity contribution in [1.82, 2.24) is 10.2 Å². The molecule has 100 valence electrons. The SMILES string of the molecule is C=CCN(CCO)C(C)C(=O)NCCCCC. The summed E-state index contributed by atoms with van der Waals surface area (Å²) in [7, 11) is 0. The number of nitrogens with one attached hydrogen (secondary N) is 1. The number of carbonyl (C=O) groups is 1. The lowest BCUT2D eigenvalue weighted by Crippen LogP contribution is -2.46. The van der Waals surface area contributed by atoms with Crippen molar-refractivity contribution in [2.24, 2.45) is 0 Å². The van der Waals surface area contributed by atoms with E-state index < -0.39 is 0 Å². The third-order valence-corrected chi connectivity index (χ3v) is 2.76. The maximum absolute atomic E-state index is 11.8. The second-order valence-electron chi connectivity index (χ2n) is 4.18. The van der Waals surface area contributed by atoms with Gasteiger partial charge in [0.2, 0.25) is 5.91 Å². The lowest BCUT2D eigenvalue weighted by molar-refractivity contribution is -0.125. The molecule has 0 saturated heterocycles. The van der Waals surface area contributed by atoms with E-state index in [1.807, 2.05) is 11.8 Å². The first kappa shape index (κ1) is 16.1. The highest BCUT2D eigenvalue weighted by atomic mass is 16.3. The Morgan fingerprint density at radius 1 is 1.53 bits per heavy atom. The zero-order chi connectivity index (χ0) is 13.1. The Balaban J connectivity index is 4.01. The van der Waals surface area contributed by atoms with Crippen LogP contribution >= 0.6 is 0 Å². The van der Waals surface area contributed by atoms with Gasteiger partial charge in [-0.05, 0) is 13.3 Å². The summed E-state index contributed by atoms with van der Waals surface area (Å²) in [6.07, 6.45) is 5.06. The fourth-order valence-corrected chi connectivity index (χ4v) is 1.64. The molecular weight excluding hydrogens is 216 g/mol. The van der Waals surface area contributed by atoms with Crippen molar-refractivity contribution in [2.75, 3.05) is 26.2 Å². The Bertz CT molecular complexity index is 219. The van der Waals surface area contributed by atoms with E-state index in [0.29, 0.717) is 13.1 Å². The maximum atomic E-state index is 11.8. The molecule has 0 bridgehead atoms. The lowest BCUT2D eigenvalue weighted by atomic mass is 10.2. The number of rotatable bonds is 10. The summed E-state index contributed by atoms with van der Waals surface area (Å²) in [6, 6.07) is -0.221. The van der Waals surface area contributed by atoms with Gasteiger partial charge in [0.1, 0.15) is 0 Å². The predicted molar refractivity (Wildman–Crippen MR) is 70.9 cm³/mol. The number of carbonyl (C=O) groups excluding carboxylic acids is 1. The monoisotopic (exact) mass is 242 g/mol. The summed E-state index contributed by atoms with van der Waals surface area (Å²) in [5.74, 6) is 0.0244. The summed E-state index contributed by atoms with van der Waals surface area (Å²) in [6.45, 7) is 9.55. The summed E-state index contributed by atoms with van der Waals surface area (Å²) >= 11 is 0. The average molecular weight is 242 g/mol. The minimum Gasteiger partial charge on any atom is -0.395 e. The van der Waals surface area contributed by atoms with Crippen molar-refractivity contribution in [1.29, 1.82) is 0 Å². The third kappa shape index (κ3) is 7.13. The van der Waals surface area contributed by atoms with Crippen molar-refractivity contribution < 1.29 is 9.90 Å². The molecule has 0 aliphatic rings. The number of hydrogen-bond acceptors (Lipinski definition) is 3. The van der Waals surface area contributed by atoms with Gasteiger partial charge in [0.15, 0.2) is 0 Å². The van der Waals surface area contributed by atoms with E-state index in [1.165, 1.54) is 0 Å². The minimum atomic E-state index is -0.221. The Kier molecular flexibility index (Phi) is 9.77. The van der Waals surface area contributed by atoms with Gasteiger partial charge in [-0.3, -0.25) is 9.69 Å². The van der Waals surface area contributed by atoms with E-state index in [4.69, 9.17) is 5.11 Å². The average Bonchev–Trinajstić information content (AvgIpc) is 2.33. The van der Waals surface area contributed by atoms with E-state index in [9.17, 15) is 4.79 Å². The zero-order valence-electron chi connectivity index (χ0n) is 11.1. The van der Waals surface area contributed by atoms with Crippen LogP contribution in [0.5, 0.6) is 0 Å². The number of hydrogen-bond donors (Lipinski definition) is 2. The highest BCUT2D eigenvalue weighted by Gasteiger charge is 2.19. The van der Waals surface area contributed by atoms with E-state index >= 15 is 0 Å². The van der Waals surface area contributed by atoms with Crippen LogP contribution < -0.4 is 5.32 Å². The van der Waals surface area contributed by atoms with Gasteiger partial charge in [-0.2, -0.15) is 0 Å². The molecule has 4 nitrogen and oxygen atoms in total. The largest absolute Gasteiger partial charge is 0.395 e. The van der Waals surface area contributed by atoms with Crippen LogP contribution in [0.4, 0.5) is 0 Å². The number of aliphatic hydroxyl groups excluding tert-OH is 1. The predicted octanol–water partition coefficient (Wildman–Crippen LogP) is 1.16. The third-order valence-electron chi connectivity index (χ3n) is 2.76. The van der Waals surface area contributed by atoms with Gasteiger partial charge in [0.25, 0.3) is 0 Å². The lowest BCUT2D eigenvalue weighted by Gasteiger charge is -2.26. The molecule has 1 unspecified atom stereocenters. The van der Waals surface area contributed by atoms with Crippen molar-refractivity contribution in [3.8, 4) is 0 Å². The normalized spacial score (nSPS) is 12.5. The first-order valence-electron chi connectivity index (χ1n) is 6.40. The van der Waals surface area contributed by atoms with Gasteiger partial charge >= 0.3 is 0 Å². The zero-order valence-corrected chi connectivity index (χ0v) is 11.1. The molecule has 0 saturated carbocycles. The molecule has 0 radical (unpaired) electrons. The Morgan fingerprint density at radius 2 is 2.24 bits per heavy atom. The van der Waals surface area contributed by atoms with Crippen LogP contribution in [0.3, 0.4) is 0 Å². The molecule has 1 amide bonds. The molecule has 0 fully saturated rings. The first-order valence-corrected chi connectivity index (χ1v) is 6.40. The van der Waals surface area contributed by atoms with Gasteiger partial charge in [0, 0.05) is 19.6 Å². The van der Waals surface area contributed by atoms with E-state index in [-0.39, 0.29) is 18.6 Å². The van der Waals surface area contributed by atoms with E-state index in [2.05, 4.69) is 18.8 Å². The summed E-state index contributed by atoms with van der Waals surface area (Å²) in [5, 5.41) is 11.9. The van der Waals surface area contributed by atoms with Crippen LogP contribution in [0.15, 0.2) is 12.7 Å². The van der Waals surface area contributed by atoms with Gasteiger partial charge in [0.05, 0.1) is 12.6 Å². The van der Waals surface area contributed by atoms with E-state index in [1.54, 1.807) is 6.08 Å². The Labute approximate surface area is 105 Å². The molecule has 17 heavy (non-hydrogen) atoms.